The molecular weight excluding hydrogens is 212 g/mol. The van der Waals surface area contributed by atoms with E-state index in [2.05, 4.69) is 10.9 Å². The molecule has 17 heavy (non-hydrogen) atoms. The monoisotopic (exact) mass is 230 g/mol. The molecule has 2 fully saturated rings. The molecular formula is C14H18N2O. The highest BCUT2D eigenvalue weighted by atomic mass is 16.1. The van der Waals surface area contributed by atoms with Gasteiger partial charge >= 0.3 is 0 Å². The lowest BCUT2D eigenvalue weighted by Gasteiger charge is -2.26. The molecule has 1 aromatic rings. The van der Waals surface area contributed by atoms with Crippen molar-refractivity contribution in [2.75, 3.05) is 0 Å². The Bertz CT molecular complexity index is 404. The zero-order valence-corrected chi connectivity index (χ0v) is 9.86. The first-order chi connectivity index (χ1) is 8.36. The van der Waals surface area contributed by atoms with Crippen LogP contribution in [0.1, 0.15) is 36.0 Å². The summed E-state index contributed by atoms with van der Waals surface area (Å²) in [7, 11) is 0. The zero-order chi connectivity index (χ0) is 11.7. The second-order valence-corrected chi connectivity index (χ2v) is 5.05. The Hall–Kier alpha value is -1.19. The topological polar surface area (TPSA) is 41.1 Å². The smallest absolute Gasteiger partial charge is 0.181 e. The highest BCUT2D eigenvalue weighted by Gasteiger charge is 2.40. The second-order valence-electron chi connectivity index (χ2n) is 5.05. The average Bonchev–Trinajstić information content (AvgIpc) is 2.83. The molecule has 2 aliphatic rings. The summed E-state index contributed by atoms with van der Waals surface area (Å²) in [5.74, 6) is 0.698. The van der Waals surface area contributed by atoms with E-state index in [1.54, 1.807) is 0 Å². The second kappa shape index (κ2) is 4.59. The molecule has 1 aromatic carbocycles. The number of Topliss-reactive ketones (excluding diaryl/α,β-unsaturated/α-hetero) is 1. The number of benzene rings is 1. The molecule has 90 valence electrons. The molecule has 1 aliphatic heterocycles. The molecule has 1 aliphatic carbocycles. The van der Waals surface area contributed by atoms with Crippen molar-refractivity contribution >= 4 is 5.78 Å². The summed E-state index contributed by atoms with van der Waals surface area (Å²) in [6.45, 7) is 0. The van der Waals surface area contributed by atoms with Crippen LogP contribution < -0.4 is 10.9 Å². The number of nitrogens with one attached hydrogen (secondary N) is 2. The van der Waals surface area contributed by atoms with Crippen LogP contribution in [0.5, 0.6) is 0 Å². The number of hydrogen-bond acceptors (Lipinski definition) is 3. The highest BCUT2D eigenvalue weighted by molar-refractivity contribution is 6.00. The van der Waals surface area contributed by atoms with Crippen molar-refractivity contribution < 1.29 is 4.79 Å². The van der Waals surface area contributed by atoms with Gasteiger partial charge in [-0.15, -0.1) is 0 Å². The quantitative estimate of drug-likeness (QED) is 0.762. The van der Waals surface area contributed by atoms with Crippen LogP contribution in [0.3, 0.4) is 0 Å². The van der Waals surface area contributed by atoms with Crippen molar-refractivity contribution in [3.63, 3.8) is 0 Å². The van der Waals surface area contributed by atoms with E-state index in [4.69, 9.17) is 0 Å². The van der Waals surface area contributed by atoms with Gasteiger partial charge in [0.1, 0.15) is 0 Å². The van der Waals surface area contributed by atoms with Crippen LogP contribution in [-0.4, -0.2) is 17.9 Å². The summed E-state index contributed by atoms with van der Waals surface area (Å²) in [5, 5.41) is 0. The maximum absolute atomic E-state index is 12.4. The van der Waals surface area contributed by atoms with Gasteiger partial charge < -0.3 is 0 Å². The Morgan fingerprint density at radius 1 is 1.06 bits per heavy atom. The number of carbonyl (C=O) groups is 1. The first-order valence-corrected chi connectivity index (χ1v) is 6.46. The third-order valence-corrected chi connectivity index (χ3v) is 4.01. The summed E-state index contributed by atoms with van der Waals surface area (Å²) >= 11 is 0. The van der Waals surface area contributed by atoms with Crippen LogP contribution in [0.2, 0.25) is 0 Å². The van der Waals surface area contributed by atoms with Crippen molar-refractivity contribution in [1.82, 2.24) is 10.9 Å². The Labute approximate surface area is 102 Å². The molecule has 3 nitrogen and oxygen atoms in total. The molecule has 1 heterocycles. The Morgan fingerprint density at radius 3 is 2.65 bits per heavy atom. The normalized spacial score (nSPS) is 32.1. The number of ketones is 1. The van der Waals surface area contributed by atoms with E-state index in [-0.39, 0.29) is 11.8 Å². The first kappa shape index (κ1) is 10.9. The van der Waals surface area contributed by atoms with Crippen molar-refractivity contribution in [2.45, 2.75) is 37.8 Å². The molecule has 0 radical (unpaired) electrons. The zero-order valence-electron chi connectivity index (χ0n) is 9.86. The van der Waals surface area contributed by atoms with Gasteiger partial charge in [0.05, 0.1) is 6.04 Å². The lowest BCUT2D eigenvalue weighted by Crippen LogP contribution is -2.38. The summed E-state index contributed by atoms with van der Waals surface area (Å²) in [4.78, 5) is 12.4. The third kappa shape index (κ3) is 2.01. The van der Waals surface area contributed by atoms with Gasteiger partial charge in [-0.2, -0.15) is 0 Å². The third-order valence-electron chi connectivity index (χ3n) is 4.01. The lowest BCUT2D eigenvalue weighted by atomic mass is 9.79. The van der Waals surface area contributed by atoms with Gasteiger partial charge in [0.2, 0.25) is 0 Å². The maximum atomic E-state index is 12.4. The predicted octanol–water partition coefficient (Wildman–Crippen LogP) is 1.90. The Kier molecular flexibility index (Phi) is 2.95. The van der Waals surface area contributed by atoms with Crippen molar-refractivity contribution in [3.8, 4) is 0 Å². The van der Waals surface area contributed by atoms with E-state index >= 15 is 0 Å². The van der Waals surface area contributed by atoms with Crippen LogP contribution >= 0.6 is 0 Å². The standard InChI is InChI=1S/C14H18N2O/c17-14(10-6-2-1-3-7-10)13-11-8-4-5-9-12(11)15-16-13/h1-3,6-7,11-13,15-16H,4-5,8-9H2. The molecule has 3 rings (SSSR count). The van der Waals surface area contributed by atoms with E-state index < -0.39 is 0 Å². The molecule has 0 aromatic heterocycles. The predicted molar refractivity (Wildman–Crippen MR) is 66.6 cm³/mol. The minimum Gasteiger partial charge on any atom is -0.292 e. The number of hydrogen-bond donors (Lipinski definition) is 2. The van der Waals surface area contributed by atoms with Crippen LogP contribution in [0, 0.1) is 5.92 Å². The van der Waals surface area contributed by atoms with Crippen molar-refractivity contribution in [2.24, 2.45) is 5.92 Å². The van der Waals surface area contributed by atoms with Gasteiger partial charge in [-0.05, 0) is 18.8 Å². The van der Waals surface area contributed by atoms with E-state index in [0.29, 0.717) is 12.0 Å². The minimum atomic E-state index is -0.0392. The molecule has 3 heteroatoms. The molecule has 1 saturated carbocycles. The average molecular weight is 230 g/mol. The summed E-state index contributed by atoms with van der Waals surface area (Å²) < 4.78 is 0. The van der Waals surface area contributed by atoms with E-state index in [9.17, 15) is 4.79 Å². The van der Waals surface area contributed by atoms with Gasteiger partial charge in [-0.1, -0.05) is 43.2 Å². The fraction of sp³-hybridized carbons (Fsp3) is 0.500. The van der Waals surface area contributed by atoms with E-state index in [1.807, 2.05) is 30.3 Å². The van der Waals surface area contributed by atoms with Crippen molar-refractivity contribution in [1.29, 1.82) is 0 Å². The van der Waals surface area contributed by atoms with E-state index in [1.165, 1.54) is 19.3 Å². The highest BCUT2D eigenvalue weighted by Crippen LogP contribution is 2.31. The molecule has 0 bridgehead atoms. The van der Waals surface area contributed by atoms with Gasteiger partial charge in [-0.3, -0.25) is 10.2 Å². The number of fused-ring (bicyclic) bond motifs is 1. The Morgan fingerprint density at radius 2 is 1.82 bits per heavy atom. The van der Waals surface area contributed by atoms with Crippen LogP contribution in [0.15, 0.2) is 30.3 Å². The summed E-state index contributed by atoms with van der Waals surface area (Å²) in [6.07, 6.45) is 4.88. The molecule has 0 spiro atoms. The van der Waals surface area contributed by atoms with Gasteiger partial charge in [0.25, 0.3) is 0 Å². The lowest BCUT2D eigenvalue weighted by molar-refractivity contribution is 0.0918. The Balaban J connectivity index is 1.79. The van der Waals surface area contributed by atoms with E-state index in [0.717, 1.165) is 12.0 Å². The van der Waals surface area contributed by atoms with Crippen LogP contribution in [0.4, 0.5) is 0 Å². The minimum absolute atomic E-state index is 0.0392. The van der Waals surface area contributed by atoms with Gasteiger partial charge in [-0.25, -0.2) is 5.43 Å². The summed E-state index contributed by atoms with van der Waals surface area (Å²) in [5.41, 5.74) is 7.30. The fourth-order valence-corrected chi connectivity index (χ4v) is 3.08. The van der Waals surface area contributed by atoms with Crippen LogP contribution in [0.25, 0.3) is 0 Å². The number of hydrazine groups is 1. The molecule has 2 N–H and O–H groups in total. The maximum Gasteiger partial charge on any atom is 0.181 e. The van der Waals surface area contributed by atoms with Gasteiger partial charge in [0.15, 0.2) is 5.78 Å². The number of carbonyl (C=O) groups excluding carboxylic acids is 1. The SMILES string of the molecule is O=C(c1ccccc1)C1NNC2CCCCC21. The largest absolute Gasteiger partial charge is 0.292 e. The fourth-order valence-electron chi connectivity index (χ4n) is 3.08. The first-order valence-electron chi connectivity index (χ1n) is 6.46. The molecule has 1 saturated heterocycles. The van der Waals surface area contributed by atoms with Crippen molar-refractivity contribution in [3.05, 3.63) is 35.9 Å². The van der Waals surface area contributed by atoms with Gasteiger partial charge in [0, 0.05) is 11.6 Å². The van der Waals surface area contributed by atoms with Crippen LogP contribution in [-0.2, 0) is 0 Å². The molecule has 3 atom stereocenters. The summed E-state index contributed by atoms with van der Waals surface area (Å²) in [6, 6.07) is 10.0. The molecule has 0 amide bonds. The number of rotatable bonds is 2. The molecule has 3 unspecified atom stereocenters.